The minimum absolute atomic E-state index is 0.601. The number of halogens is 1. The highest BCUT2D eigenvalue weighted by Gasteiger charge is 2.03. The van der Waals surface area contributed by atoms with Gasteiger partial charge in [-0.25, -0.2) is 4.98 Å². The van der Waals surface area contributed by atoms with Gasteiger partial charge in [0.2, 0.25) is 5.89 Å². The predicted octanol–water partition coefficient (Wildman–Crippen LogP) is 5.27. The Morgan fingerprint density at radius 3 is 2.60 bits per heavy atom. The van der Waals surface area contributed by atoms with Crippen LogP contribution >= 0.6 is 15.9 Å². The van der Waals surface area contributed by atoms with E-state index in [-0.39, 0.29) is 0 Å². The number of oxazole rings is 1. The first-order valence-electron chi connectivity index (χ1n) is 6.26. The van der Waals surface area contributed by atoms with Crippen LogP contribution in [0.2, 0.25) is 0 Å². The third-order valence-corrected chi connectivity index (χ3v) is 3.34. The Morgan fingerprint density at radius 2 is 1.80 bits per heavy atom. The summed E-state index contributed by atoms with van der Waals surface area (Å²) in [5.41, 5.74) is 2.13. The number of nitrogens with zero attached hydrogens (tertiary/aromatic N) is 1. The van der Waals surface area contributed by atoms with Gasteiger partial charge in [-0.3, -0.25) is 0 Å². The van der Waals surface area contributed by atoms with E-state index in [9.17, 15) is 0 Å². The summed E-state index contributed by atoms with van der Waals surface area (Å²) < 4.78 is 6.76. The Hall–Kier alpha value is -2.13. The molecule has 0 atom stereocenters. The lowest BCUT2D eigenvalue weighted by atomic mass is 10.2. The number of hydrogen-bond acceptors (Lipinski definition) is 2. The van der Waals surface area contributed by atoms with Crippen LogP contribution < -0.4 is 0 Å². The van der Waals surface area contributed by atoms with Gasteiger partial charge in [0.05, 0.1) is 6.20 Å². The van der Waals surface area contributed by atoms with Crippen LogP contribution in [0.4, 0.5) is 0 Å². The van der Waals surface area contributed by atoms with Gasteiger partial charge in [-0.15, -0.1) is 0 Å². The normalized spacial score (nSPS) is 11.1. The van der Waals surface area contributed by atoms with Crippen molar-refractivity contribution in [3.8, 4) is 11.3 Å². The first-order valence-corrected chi connectivity index (χ1v) is 7.05. The van der Waals surface area contributed by atoms with Crippen LogP contribution in [0.1, 0.15) is 11.5 Å². The van der Waals surface area contributed by atoms with E-state index in [0.717, 1.165) is 21.4 Å². The zero-order valence-corrected chi connectivity index (χ0v) is 12.2. The molecule has 0 radical (unpaired) electrons. The number of aromatic nitrogens is 1. The second-order valence-corrected chi connectivity index (χ2v) is 5.23. The number of benzene rings is 2. The Bertz CT molecular complexity index is 732. The van der Waals surface area contributed by atoms with Gasteiger partial charge in [0.1, 0.15) is 0 Å². The molecule has 1 aromatic heterocycles. The van der Waals surface area contributed by atoms with Crippen molar-refractivity contribution in [2.75, 3.05) is 0 Å². The highest BCUT2D eigenvalue weighted by atomic mass is 79.9. The summed E-state index contributed by atoms with van der Waals surface area (Å²) in [5.74, 6) is 1.38. The molecule has 20 heavy (non-hydrogen) atoms. The standard InChI is InChI=1S/C17H12BrNO/c18-15-8-4-5-13(11-15)9-10-17-19-12-16(20-17)14-6-2-1-3-7-14/h1-12H/b10-9+. The summed E-state index contributed by atoms with van der Waals surface area (Å²) in [4.78, 5) is 4.26. The second-order valence-electron chi connectivity index (χ2n) is 4.32. The molecule has 0 unspecified atom stereocenters. The topological polar surface area (TPSA) is 26.0 Å². The van der Waals surface area contributed by atoms with Gasteiger partial charge in [0.15, 0.2) is 5.76 Å². The van der Waals surface area contributed by atoms with Crippen molar-refractivity contribution in [1.82, 2.24) is 4.98 Å². The van der Waals surface area contributed by atoms with Gasteiger partial charge in [0.25, 0.3) is 0 Å². The number of hydrogen-bond donors (Lipinski definition) is 0. The van der Waals surface area contributed by atoms with Crippen molar-refractivity contribution < 1.29 is 4.42 Å². The second kappa shape index (κ2) is 5.88. The van der Waals surface area contributed by atoms with E-state index in [4.69, 9.17) is 4.42 Å². The molecule has 0 bridgehead atoms. The first-order chi connectivity index (χ1) is 9.81. The molecule has 0 spiro atoms. The van der Waals surface area contributed by atoms with E-state index in [2.05, 4.69) is 20.9 Å². The molecule has 3 heteroatoms. The van der Waals surface area contributed by atoms with Crippen LogP contribution in [0.3, 0.4) is 0 Å². The molecule has 2 nitrogen and oxygen atoms in total. The Labute approximate surface area is 125 Å². The van der Waals surface area contributed by atoms with Crippen LogP contribution in [0.25, 0.3) is 23.5 Å². The van der Waals surface area contributed by atoms with E-state index in [1.807, 2.05) is 66.7 Å². The average molecular weight is 326 g/mol. The lowest BCUT2D eigenvalue weighted by molar-refractivity contribution is 0.560. The van der Waals surface area contributed by atoms with Gasteiger partial charge >= 0.3 is 0 Å². The third kappa shape index (κ3) is 3.06. The smallest absolute Gasteiger partial charge is 0.219 e. The van der Waals surface area contributed by atoms with E-state index in [1.165, 1.54) is 0 Å². The van der Waals surface area contributed by atoms with E-state index in [1.54, 1.807) is 6.20 Å². The fourth-order valence-corrected chi connectivity index (χ4v) is 2.30. The van der Waals surface area contributed by atoms with Crippen LogP contribution in [-0.2, 0) is 0 Å². The fourth-order valence-electron chi connectivity index (χ4n) is 1.88. The zero-order chi connectivity index (χ0) is 13.8. The molecule has 0 aliphatic heterocycles. The van der Waals surface area contributed by atoms with Gasteiger partial charge in [0, 0.05) is 16.1 Å². The SMILES string of the molecule is Brc1cccc(/C=C/c2ncc(-c3ccccc3)o2)c1. The van der Waals surface area contributed by atoms with Crippen LogP contribution in [-0.4, -0.2) is 4.98 Å². The van der Waals surface area contributed by atoms with E-state index >= 15 is 0 Å². The molecule has 0 saturated heterocycles. The van der Waals surface area contributed by atoms with Crippen molar-refractivity contribution in [1.29, 1.82) is 0 Å². The molecule has 0 N–H and O–H groups in total. The van der Waals surface area contributed by atoms with Gasteiger partial charge in [-0.05, 0) is 23.8 Å². The Morgan fingerprint density at radius 1 is 0.950 bits per heavy atom. The van der Waals surface area contributed by atoms with Crippen molar-refractivity contribution in [3.63, 3.8) is 0 Å². The monoisotopic (exact) mass is 325 g/mol. The maximum Gasteiger partial charge on any atom is 0.219 e. The largest absolute Gasteiger partial charge is 0.437 e. The summed E-state index contributed by atoms with van der Waals surface area (Å²) in [6, 6.07) is 18.0. The lowest BCUT2D eigenvalue weighted by Crippen LogP contribution is -1.72. The summed E-state index contributed by atoms with van der Waals surface area (Å²) >= 11 is 3.45. The average Bonchev–Trinajstić information content (AvgIpc) is 2.95. The van der Waals surface area contributed by atoms with E-state index in [0.29, 0.717) is 5.89 Å². The van der Waals surface area contributed by atoms with Crippen LogP contribution in [0.5, 0.6) is 0 Å². The Kier molecular flexibility index (Phi) is 3.79. The van der Waals surface area contributed by atoms with Crippen molar-refractivity contribution in [3.05, 3.63) is 76.7 Å². The molecule has 0 saturated carbocycles. The summed E-state index contributed by atoms with van der Waals surface area (Å²) in [6.07, 6.45) is 5.59. The van der Waals surface area contributed by atoms with Crippen molar-refractivity contribution in [2.24, 2.45) is 0 Å². The maximum absolute atomic E-state index is 5.71. The molecule has 3 aromatic rings. The van der Waals surface area contributed by atoms with Crippen LogP contribution in [0.15, 0.2) is 69.7 Å². The van der Waals surface area contributed by atoms with Crippen molar-refractivity contribution >= 4 is 28.1 Å². The molecule has 98 valence electrons. The molecular weight excluding hydrogens is 314 g/mol. The summed E-state index contributed by atoms with van der Waals surface area (Å²) in [5, 5.41) is 0. The molecule has 3 rings (SSSR count). The van der Waals surface area contributed by atoms with E-state index < -0.39 is 0 Å². The van der Waals surface area contributed by atoms with Gasteiger partial charge in [-0.1, -0.05) is 58.4 Å². The van der Waals surface area contributed by atoms with Crippen molar-refractivity contribution in [2.45, 2.75) is 0 Å². The first kappa shape index (κ1) is 12.9. The molecule has 0 amide bonds. The molecule has 0 fully saturated rings. The highest BCUT2D eigenvalue weighted by molar-refractivity contribution is 9.10. The zero-order valence-electron chi connectivity index (χ0n) is 10.7. The molecule has 2 aromatic carbocycles. The lowest BCUT2D eigenvalue weighted by Gasteiger charge is -1.94. The van der Waals surface area contributed by atoms with Crippen LogP contribution in [0, 0.1) is 0 Å². The maximum atomic E-state index is 5.71. The summed E-state index contributed by atoms with van der Waals surface area (Å²) in [6.45, 7) is 0. The quantitative estimate of drug-likeness (QED) is 0.655. The predicted molar refractivity (Wildman–Crippen MR) is 85.0 cm³/mol. The molecule has 0 aliphatic rings. The van der Waals surface area contributed by atoms with Gasteiger partial charge < -0.3 is 4.42 Å². The molecule has 1 heterocycles. The fraction of sp³-hybridized carbons (Fsp3) is 0. The Balaban J connectivity index is 1.81. The van der Waals surface area contributed by atoms with Gasteiger partial charge in [-0.2, -0.15) is 0 Å². The minimum Gasteiger partial charge on any atom is -0.437 e. The summed E-state index contributed by atoms with van der Waals surface area (Å²) in [7, 11) is 0. The molecule has 0 aliphatic carbocycles. The molecular formula is C17H12BrNO. The number of rotatable bonds is 3. The third-order valence-electron chi connectivity index (χ3n) is 2.85. The highest BCUT2D eigenvalue weighted by Crippen LogP contribution is 2.21. The minimum atomic E-state index is 0.601.